The third-order valence-corrected chi connectivity index (χ3v) is 9.65. The Morgan fingerprint density at radius 2 is 1.86 bits per heavy atom. The first-order valence-corrected chi connectivity index (χ1v) is 19.1. The van der Waals surface area contributed by atoms with Crippen LogP contribution < -0.4 is 16.0 Å². The average molecular weight is 600 g/mol. The maximum absolute atomic E-state index is 13.9. The van der Waals surface area contributed by atoms with Gasteiger partial charge in [-0.3, -0.25) is 18.5 Å². The van der Waals surface area contributed by atoms with Crippen LogP contribution in [0.1, 0.15) is 51.9 Å². The molecule has 2 aliphatic rings. The maximum Gasteiger partial charge on any atom is 0.332 e. The molecule has 1 aliphatic heterocycles. The Balaban J connectivity index is 1.46. The standard InChI is InChI=1S/C30H45N5O6Si/c1-5-33-28-26(29(36)34(30(33)37)15-9-17-40-25-12-6-7-16-39-25)35(21-38-18-19-42(2,3)4)27(32-28)22-13-14-24(31-20-22)41-23-10-8-11-23/h13-14,20,23,25H,5-12,15-19,21H2,1-4H3. The lowest BCUT2D eigenvalue weighted by Gasteiger charge is -2.25. The van der Waals surface area contributed by atoms with Gasteiger partial charge in [0.15, 0.2) is 17.5 Å². The SMILES string of the molecule is CCn1c(=O)n(CCCOC2CCCCO2)c(=O)c2c1nc(-c1ccc(OC3CCC3)nc1)n2COCC[Si](C)(C)C. The molecule has 3 aromatic rings. The molecule has 1 aliphatic carbocycles. The third-order valence-electron chi connectivity index (χ3n) is 7.95. The van der Waals surface area contributed by atoms with Crippen molar-refractivity contribution < 1.29 is 18.9 Å². The molecule has 3 aromatic heterocycles. The fourth-order valence-electron chi connectivity index (χ4n) is 5.17. The minimum Gasteiger partial charge on any atom is -0.474 e. The highest BCUT2D eigenvalue weighted by Gasteiger charge is 2.24. The maximum atomic E-state index is 13.9. The minimum atomic E-state index is -1.31. The minimum absolute atomic E-state index is 0.149. The third kappa shape index (κ3) is 7.21. The molecule has 5 rings (SSSR count). The second kappa shape index (κ2) is 13.7. The lowest BCUT2D eigenvalue weighted by molar-refractivity contribution is -0.163. The number of hydrogen-bond acceptors (Lipinski definition) is 8. The van der Waals surface area contributed by atoms with E-state index in [1.165, 1.54) is 11.0 Å². The summed E-state index contributed by atoms with van der Waals surface area (Å²) in [6.45, 7) is 11.3. The van der Waals surface area contributed by atoms with Crippen molar-refractivity contribution in [1.29, 1.82) is 0 Å². The van der Waals surface area contributed by atoms with Crippen LogP contribution in [0.4, 0.5) is 0 Å². The second-order valence-electron chi connectivity index (χ2n) is 12.4. The van der Waals surface area contributed by atoms with E-state index in [0.717, 1.165) is 43.7 Å². The van der Waals surface area contributed by atoms with E-state index >= 15 is 0 Å². The first-order chi connectivity index (χ1) is 20.2. The van der Waals surface area contributed by atoms with E-state index in [-0.39, 0.29) is 36.9 Å². The van der Waals surface area contributed by atoms with Crippen LogP contribution in [0.3, 0.4) is 0 Å². The first kappa shape index (κ1) is 30.6. The van der Waals surface area contributed by atoms with Gasteiger partial charge in [0.2, 0.25) is 5.88 Å². The number of aryl methyl sites for hydroxylation is 1. The molecular formula is C30H45N5O6Si. The monoisotopic (exact) mass is 599 g/mol. The Morgan fingerprint density at radius 3 is 2.50 bits per heavy atom. The largest absolute Gasteiger partial charge is 0.474 e. The number of rotatable bonds is 14. The van der Waals surface area contributed by atoms with Crippen molar-refractivity contribution in [3.8, 4) is 17.3 Å². The summed E-state index contributed by atoms with van der Waals surface area (Å²) in [5, 5.41) is 0. The number of pyridine rings is 1. The Morgan fingerprint density at radius 1 is 1.02 bits per heavy atom. The molecule has 1 saturated carbocycles. The summed E-state index contributed by atoms with van der Waals surface area (Å²) >= 11 is 0. The van der Waals surface area contributed by atoms with Crippen LogP contribution in [0, 0.1) is 0 Å². The van der Waals surface area contributed by atoms with Gasteiger partial charge in [-0.1, -0.05) is 19.6 Å². The van der Waals surface area contributed by atoms with Crippen molar-refractivity contribution in [2.75, 3.05) is 19.8 Å². The molecule has 0 N–H and O–H groups in total. The molecule has 4 heterocycles. The molecule has 0 amide bonds. The van der Waals surface area contributed by atoms with E-state index in [1.54, 1.807) is 15.3 Å². The van der Waals surface area contributed by atoms with Gasteiger partial charge >= 0.3 is 5.69 Å². The van der Waals surface area contributed by atoms with Crippen LogP contribution in [0.25, 0.3) is 22.6 Å². The average Bonchev–Trinajstić information content (AvgIpc) is 3.32. The van der Waals surface area contributed by atoms with Crippen LogP contribution in [-0.2, 0) is 34.0 Å². The summed E-state index contributed by atoms with van der Waals surface area (Å²) in [7, 11) is -1.31. The van der Waals surface area contributed by atoms with Gasteiger partial charge in [0.1, 0.15) is 18.7 Å². The normalized spacial score (nSPS) is 18.0. The second-order valence-corrected chi connectivity index (χ2v) is 18.1. The van der Waals surface area contributed by atoms with Crippen LogP contribution in [0.5, 0.6) is 5.88 Å². The van der Waals surface area contributed by atoms with E-state index in [9.17, 15) is 9.59 Å². The number of fused-ring (bicyclic) bond motifs is 1. The van der Waals surface area contributed by atoms with E-state index in [1.807, 2.05) is 19.1 Å². The van der Waals surface area contributed by atoms with Gasteiger partial charge in [-0.15, -0.1) is 0 Å². The summed E-state index contributed by atoms with van der Waals surface area (Å²) in [5.41, 5.74) is 0.684. The van der Waals surface area contributed by atoms with Crippen molar-refractivity contribution in [3.63, 3.8) is 0 Å². The fraction of sp³-hybridized carbons (Fsp3) is 0.667. The van der Waals surface area contributed by atoms with E-state index in [0.29, 0.717) is 55.7 Å². The van der Waals surface area contributed by atoms with Crippen molar-refractivity contribution in [3.05, 3.63) is 39.2 Å². The lowest BCUT2D eigenvalue weighted by atomic mass is 9.96. The molecule has 1 saturated heterocycles. The number of nitrogens with zero attached hydrogens (tertiary/aromatic N) is 5. The van der Waals surface area contributed by atoms with Gasteiger partial charge in [0, 0.05) is 52.2 Å². The zero-order valence-electron chi connectivity index (χ0n) is 25.5. The number of hydrogen-bond donors (Lipinski definition) is 0. The molecule has 0 spiro atoms. The topological polar surface area (TPSA) is 112 Å². The highest BCUT2D eigenvalue weighted by atomic mass is 28.3. The molecule has 0 radical (unpaired) electrons. The van der Waals surface area contributed by atoms with Crippen molar-refractivity contribution >= 4 is 19.2 Å². The van der Waals surface area contributed by atoms with Crippen LogP contribution in [0.15, 0.2) is 27.9 Å². The van der Waals surface area contributed by atoms with Crippen molar-refractivity contribution in [2.24, 2.45) is 0 Å². The first-order valence-electron chi connectivity index (χ1n) is 15.4. The molecule has 230 valence electrons. The Bertz CT molecular complexity index is 1450. The Labute approximate surface area is 247 Å². The van der Waals surface area contributed by atoms with E-state index in [2.05, 4.69) is 24.6 Å². The molecule has 12 heteroatoms. The summed E-state index contributed by atoms with van der Waals surface area (Å²) in [4.78, 5) is 36.8. The Kier molecular flexibility index (Phi) is 9.97. The predicted octanol–water partition coefficient (Wildman–Crippen LogP) is 4.62. The Hall–Kier alpha value is -2.80. The molecule has 0 bridgehead atoms. The zero-order valence-corrected chi connectivity index (χ0v) is 26.5. The van der Waals surface area contributed by atoms with Crippen LogP contribution in [-0.4, -0.2) is 64.0 Å². The quantitative estimate of drug-likeness (QED) is 0.195. The fourth-order valence-corrected chi connectivity index (χ4v) is 5.93. The van der Waals surface area contributed by atoms with Gasteiger partial charge in [-0.2, -0.15) is 0 Å². The van der Waals surface area contributed by atoms with E-state index in [4.69, 9.17) is 23.9 Å². The molecule has 1 unspecified atom stereocenters. The molecule has 1 atom stereocenters. The summed E-state index contributed by atoms with van der Waals surface area (Å²) in [5.74, 6) is 1.11. The number of aromatic nitrogens is 5. The highest BCUT2D eigenvalue weighted by molar-refractivity contribution is 6.76. The van der Waals surface area contributed by atoms with Crippen LogP contribution in [0.2, 0.25) is 25.7 Å². The summed E-state index contributed by atoms with van der Waals surface area (Å²) in [6.07, 6.45) is 8.55. The summed E-state index contributed by atoms with van der Waals surface area (Å²) in [6, 6.07) is 4.74. The van der Waals surface area contributed by atoms with Gasteiger partial charge < -0.3 is 18.9 Å². The molecule has 0 aromatic carbocycles. The van der Waals surface area contributed by atoms with Gasteiger partial charge in [-0.05, 0) is 64.0 Å². The molecule has 42 heavy (non-hydrogen) atoms. The number of imidazole rings is 1. The molecule has 2 fully saturated rings. The molecular weight excluding hydrogens is 554 g/mol. The van der Waals surface area contributed by atoms with Crippen LogP contribution >= 0.6 is 0 Å². The van der Waals surface area contributed by atoms with Gasteiger partial charge in [0.05, 0.1) is 6.61 Å². The van der Waals surface area contributed by atoms with E-state index < -0.39 is 8.07 Å². The number of ether oxygens (including phenoxy) is 4. The zero-order chi connectivity index (χ0) is 29.7. The smallest absolute Gasteiger partial charge is 0.332 e. The van der Waals surface area contributed by atoms with Gasteiger partial charge in [0.25, 0.3) is 5.56 Å². The lowest BCUT2D eigenvalue weighted by Crippen LogP contribution is -2.40. The molecule has 11 nitrogen and oxygen atoms in total. The van der Waals surface area contributed by atoms with Crippen molar-refractivity contribution in [1.82, 2.24) is 23.7 Å². The van der Waals surface area contributed by atoms with Gasteiger partial charge in [-0.25, -0.2) is 14.8 Å². The highest BCUT2D eigenvalue weighted by Crippen LogP contribution is 2.27. The van der Waals surface area contributed by atoms with Crippen molar-refractivity contribution in [2.45, 2.75) is 110 Å². The summed E-state index contributed by atoms with van der Waals surface area (Å²) < 4.78 is 28.2. The predicted molar refractivity (Wildman–Crippen MR) is 164 cm³/mol.